The third-order valence-electron chi connectivity index (χ3n) is 6.98. The van der Waals surface area contributed by atoms with Crippen molar-refractivity contribution in [1.29, 1.82) is 0 Å². The summed E-state index contributed by atoms with van der Waals surface area (Å²) in [6.45, 7) is -0.0571. The second-order valence-corrected chi connectivity index (χ2v) is 9.72. The molecule has 0 spiro atoms. The molecule has 3 atom stereocenters. The minimum atomic E-state index is -4.71. The summed E-state index contributed by atoms with van der Waals surface area (Å²) in [6.07, 6.45) is -5.00. The molecular weight excluding hydrogens is 502 g/mol. The lowest BCUT2D eigenvalue weighted by Gasteiger charge is -2.61. The van der Waals surface area contributed by atoms with Crippen LogP contribution in [0.2, 0.25) is 0 Å². The molecule has 11 nitrogen and oxygen atoms in total. The highest BCUT2D eigenvalue weighted by molar-refractivity contribution is 5.69. The zero-order valence-corrected chi connectivity index (χ0v) is 19.5. The van der Waals surface area contributed by atoms with Crippen molar-refractivity contribution in [3.8, 4) is 0 Å². The number of aromatic nitrogens is 5. The Balaban J connectivity index is 1.16. The summed E-state index contributed by atoms with van der Waals surface area (Å²) < 4.78 is 72.4. The summed E-state index contributed by atoms with van der Waals surface area (Å²) >= 11 is 0. The van der Waals surface area contributed by atoms with E-state index in [9.17, 15) is 18.0 Å². The lowest BCUT2D eigenvalue weighted by Crippen LogP contribution is -2.68. The third-order valence-corrected chi connectivity index (χ3v) is 6.98. The van der Waals surface area contributed by atoms with Crippen LogP contribution in [0.3, 0.4) is 0 Å². The number of amides is 1. The van der Waals surface area contributed by atoms with Gasteiger partial charge >= 0.3 is 12.3 Å². The smallest absolute Gasteiger partial charge is 0.433 e. The molecule has 37 heavy (non-hydrogen) atoms. The number of hydrogen-bond donors (Lipinski definition) is 3. The van der Waals surface area contributed by atoms with E-state index in [1.807, 2.05) is 0 Å². The number of rotatable bonds is 7. The number of methoxy groups -OCH3 is 1. The van der Waals surface area contributed by atoms with E-state index < -0.39 is 36.3 Å². The highest BCUT2D eigenvalue weighted by Crippen LogP contribution is 2.57. The van der Waals surface area contributed by atoms with Gasteiger partial charge in [0.15, 0.2) is 23.8 Å². The summed E-state index contributed by atoms with van der Waals surface area (Å²) in [5, 5.41) is 12.2. The third kappa shape index (κ3) is 4.35. The number of nitrogens with one attached hydrogen (secondary N) is 3. The number of aromatic amines is 1. The van der Waals surface area contributed by atoms with E-state index >= 15 is 4.39 Å². The quantitative estimate of drug-likeness (QED) is 0.401. The first-order valence-electron chi connectivity index (χ1n) is 11.6. The first kappa shape index (κ1) is 23.9. The summed E-state index contributed by atoms with van der Waals surface area (Å²) in [5.74, 6) is 0.542. The van der Waals surface area contributed by atoms with Gasteiger partial charge in [-0.1, -0.05) is 0 Å². The van der Waals surface area contributed by atoms with Crippen molar-refractivity contribution in [2.24, 2.45) is 5.92 Å². The van der Waals surface area contributed by atoms with Crippen molar-refractivity contribution in [3.05, 3.63) is 35.4 Å². The number of carbonyl (C=O) groups is 1. The van der Waals surface area contributed by atoms with Gasteiger partial charge in [-0.15, -0.1) is 0 Å². The molecule has 2 bridgehead atoms. The zero-order chi connectivity index (χ0) is 25.9. The summed E-state index contributed by atoms with van der Waals surface area (Å²) in [4.78, 5) is 20.0. The van der Waals surface area contributed by atoms with Crippen molar-refractivity contribution >= 4 is 23.5 Å². The molecule has 1 amide bonds. The number of imidazole rings is 1. The molecule has 3 saturated carbocycles. The van der Waals surface area contributed by atoms with Crippen LogP contribution in [-0.4, -0.2) is 62.2 Å². The van der Waals surface area contributed by atoms with Crippen LogP contribution in [-0.2, 0) is 27.0 Å². The van der Waals surface area contributed by atoms with Gasteiger partial charge in [-0.25, -0.2) is 19.2 Å². The number of alkyl halides is 4. The van der Waals surface area contributed by atoms with Gasteiger partial charge in [0.05, 0.1) is 24.6 Å². The Morgan fingerprint density at radius 1 is 1.30 bits per heavy atom. The standard InChI is InChI=1S/C22H23F4N7O4/c1-35-8-11-7-33-16(27-11)3-14(22(24,25)26)28-19(33)29-15-2-12(31-32-15)18-17(23)13(9-36-18)37-20(34)30-21-4-10(5-21)6-21/h2-3,7,10,13,17-18H,4-6,8-9H2,1H3,(H,30,34)(H2,28,29,31,32)/t10?,13-,17+,18-,21?/m0/s1. The van der Waals surface area contributed by atoms with E-state index in [0.717, 1.165) is 25.3 Å². The van der Waals surface area contributed by atoms with E-state index in [1.165, 1.54) is 23.8 Å². The van der Waals surface area contributed by atoms with Crippen LogP contribution in [0.15, 0.2) is 18.3 Å². The topological polar surface area (TPSA) is 128 Å². The van der Waals surface area contributed by atoms with Gasteiger partial charge in [0.25, 0.3) is 0 Å². The van der Waals surface area contributed by atoms with E-state index in [1.54, 1.807) is 0 Å². The molecule has 198 valence electrons. The number of anilines is 2. The van der Waals surface area contributed by atoms with Gasteiger partial charge in [-0.2, -0.15) is 18.3 Å². The molecular formula is C22H23F4N7O4. The maximum absolute atomic E-state index is 15.1. The summed E-state index contributed by atoms with van der Waals surface area (Å²) in [5.41, 5.74) is -0.715. The van der Waals surface area contributed by atoms with E-state index in [4.69, 9.17) is 14.2 Å². The zero-order valence-electron chi connectivity index (χ0n) is 19.5. The molecule has 15 heteroatoms. The monoisotopic (exact) mass is 525 g/mol. The fourth-order valence-corrected chi connectivity index (χ4v) is 5.10. The molecule has 0 radical (unpaired) electrons. The number of carbonyl (C=O) groups excluding carboxylic acids is 1. The molecule has 4 heterocycles. The average molecular weight is 525 g/mol. The highest BCUT2D eigenvalue weighted by atomic mass is 19.4. The van der Waals surface area contributed by atoms with Crippen LogP contribution in [0.25, 0.3) is 5.65 Å². The van der Waals surface area contributed by atoms with Crippen molar-refractivity contribution in [1.82, 2.24) is 29.9 Å². The number of nitrogens with zero attached hydrogens (tertiary/aromatic N) is 4. The van der Waals surface area contributed by atoms with Gasteiger partial charge in [0, 0.05) is 31.0 Å². The molecule has 7 rings (SSSR count). The molecule has 4 fully saturated rings. The lowest BCUT2D eigenvalue weighted by molar-refractivity contribution is -0.141. The molecule has 1 saturated heterocycles. The van der Waals surface area contributed by atoms with E-state index in [0.29, 0.717) is 11.6 Å². The number of hydrogen-bond acceptors (Lipinski definition) is 8. The number of ether oxygens (including phenoxy) is 3. The molecule has 3 aromatic rings. The molecule has 0 aromatic carbocycles. The van der Waals surface area contributed by atoms with Crippen LogP contribution in [0.4, 0.5) is 34.1 Å². The first-order valence-corrected chi connectivity index (χ1v) is 11.6. The van der Waals surface area contributed by atoms with E-state index in [-0.39, 0.29) is 41.9 Å². The van der Waals surface area contributed by atoms with Gasteiger partial charge in [-0.3, -0.25) is 9.50 Å². The van der Waals surface area contributed by atoms with Crippen LogP contribution in [0.1, 0.15) is 42.4 Å². The Labute approximate surface area is 206 Å². The molecule has 4 aliphatic rings. The Hall–Kier alpha value is -3.46. The number of alkyl carbamates (subject to hydrolysis) is 1. The SMILES string of the molecule is COCc1cn2c(Nc3cc([C@@H]4OC[C@H](OC(=O)NC56CC(C5)C6)[C@H]4F)[nH]n3)nc(C(F)(F)F)cc2n1. The molecule has 3 aromatic heterocycles. The fourth-order valence-electron chi connectivity index (χ4n) is 5.10. The molecule has 0 unspecified atom stereocenters. The predicted molar refractivity (Wildman–Crippen MR) is 118 cm³/mol. The van der Waals surface area contributed by atoms with Crippen molar-refractivity contribution in [2.45, 2.75) is 56.0 Å². The Bertz CT molecular complexity index is 1330. The van der Waals surface area contributed by atoms with Gasteiger partial charge in [0.2, 0.25) is 5.95 Å². The Morgan fingerprint density at radius 2 is 2.08 bits per heavy atom. The van der Waals surface area contributed by atoms with E-state index in [2.05, 4.69) is 30.8 Å². The summed E-state index contributed by atoms with van der Waals surface area (Å²) in [7, 11) is 1.44. The second-order valence-electron chi connectivity index (χ2n) is 9.72. The van der Waals surface area contributed by atoms with Crippen LogP contribution in [0, 0.1) is 5.92 Å². The fraction of sp³-hybridized carbons (Fsp3) is 0.545. The van der Waals surface area contributed by atoms with Crippen molar-refractivity contribution in [3.63, 3.8) is 0 Å². The van der Waals surface area contributed by atoms with Gasteiger partial charge < -0.3 is 24.8 Å². The minimum Gasteiger partial charge on any atom is -0.441 e. The first-order chi connectivity index (χ1) is 17.6. The molecule has 3 aliphatic carbocycles. The van der Waals surface area contributed by atoms with Crippen LogP contribution < -0.4 is 10.6 Å². The Kier molecular flexibility index (Phi) is 5.52. The molecule has 1 aliphatic heterocycles. The number of H-pyrrole nitrogens is 1. The number of fused-ring (bicyclic) bond motifs is 1. The van der Waals surface area contributed by atoms with Gasteiger partial charge in [-0.05, 0) is 25.2 Å². The second kappa shape index (κ2) is 8.55. The van der Waals surface area contributed by atoms with Crippen molar-refractivity contribution < 1.29 is 36.6 Å². The van der Waals surface area contributed by atoms with Gasteiger partial charge in [0.1, 0.15) is 11.8 Å². The predicted octanol–water partition coefficient (Wildman–Crippen LogP) is 3.42. The maximum atomic E-state index is 15.1. The Morgan fingerprint density at radius 3 is 2.76 bits per heavy atom. The largest absolute Gasteiger partial charge is 0.441 e. The normalized spacial score (nSPS) is 28.6. The van der Waals surface area contributed by atoms with Crippen LogP contribution >= 0.6 is 0 Å². The van der Waals surface area contributed by atoms with Crippen molar-refractivity contribution in [2.75, 3.05) is 19.0 Å². The average Bonchev–Trinajstić information content (AvgIpc) is 3.49. The lowest BCUT2D eigenvalue weighted by atomic mass is 9.50. The summed E-state index contributed by atoms with van der Waals surface area (Å²) in [6, 6.07) is 2.22. The minimum absolute atomic E-state index is 0.00714. The maximum Gasteiger partial charge on any atom is 0.433 e. The highest BCUT2D eigenvalue weighted by Gasteiger charge is 2.58. The number of halogens is 4. The van der Waals surface area contributed by atoms with Crippen LogP contribution in [0.5, 0.6) is 0 Å². The molecule has 3 N–H and O–H groups in total.